The minimum absolute atomic E-state index is 0.0160. The largest absolute Gasteiger partial charge is 0.352 e. The molecule has 4 heteroatoms. The minimum Gasteiger partial charge on any atom is -0.352 e. The molecule has 0 aliphatic heterocycles. The van der Waals surface area contributed by atoms with E-state index in [9.17, 15) is 4.79 Å². The molecule has 0 saturated carbocycles. The second-order valence-corrected chi connectivity index (χ2v) is 6.09. The summed E-state index contributed by atoms with van der Waals surface area (Å²) in [5, 5.41) is 3.00. The van der Waals surface area contributed by atoms with Gasteiger partial charge in [-0.3, -0.25) is 4.79 Å². The van der Waals surface area contributed by atoms with Crippen LogP contribution in [0.25, 0.3) is 11.0 Å². The van der Waals surface area contributed by atoms with Crippen molar-refractivity contribution in [2.45, 2.75) is 26.3 Å². The van der Waals surface area contributed by atoms with Gasteiger partial charge >= 0.3 is 0 Å². The number of carbonyl (C=O) groups is 1. The number of fused-ring (bicyclic) bond motifs is 1. The van der Waals surface area contributed by atoms with Gasteiger partial charge in [-0.2, -0.15) is 0 Å². The molecule has 1 aromatic heterocycles. The smallest absolute Gasteiger partial charge is 0.251 e. The van der Waals surface area contributed by atoms with Gasteiger partial charge in [0.15, 0.2) is 0 Å². The van der Waals surface area contributed by atoms with E-state index in [2.05, 4.69) is 22.5 Å². The van der Waals surface area contributed by atoms with Crippen molar-refractivity contribution < 1.29 is 4.79 Å². The summed E-state index contributed by atoms with van der Waals surface area (Å²) in [6.07, 6.45) is 3.55. The summed E-state index contributed by atoms with van der Waals surface area (Å²) in [7, 11) is 0. The fraction of sp³-hybridized carbons (Fsp3) is 0.238. The number of aromatic nitrogens is 2. The van der Waals surface area contributed by atoms with Crippen LogP contribution in [-0.4, -0.2) is 22.0 Å². The van der Waals surface area contributed by atoms with E-state index in [0.29, 0.717) is 6.54 Å². The fourth-order valence-corrected chi connectivity index (χ4v) is 3.02. The number of amides is 1. The molecule has 25 heavy (non-hydrogen) atoms. The average molecular weight is 333 g/mol. The molecule has 1 amide bonds. The molecule has 128 valence electrons. The molecule has 0 radical (unpaired) electrons. The number of hydrogen-bond donors (Lipinski definition) is 1. The van der Waals surface area contributed by atoms with Gasteiger partial charge in [0.2, 0.25) is 0 Å². The molecular formula is C21H23N3O. The molecule has 4 nitrogen and oxygen atoms in total. The Bertz CT molecular complexity index is 895. The Hall–Kier alpha value is -2.88. The zero-order valence-electron chi connectivity index (χ0n) is 14.5. The van der Waals surface area contributed by atoms with Gasteiger partial charge in [-0.25, -0.2) is 4.98 Å². The summed E-state index contributed by atoms with van der Waals surface area (Å²) in [6, 6.07) is 15.8. The Kier molecular flexibility index (Phi) is 5.29. The minimum atomic E-state index is -0.0160. The Labute approximate surface area is 148 Å². The number of allylic oxidation sites excluding steroid dienone is 1. The molecule has 3 rings (SSSR count). The Balaban J connectivity index is 1.62. The van der Waals surface area contributed by atoms with E-state index in [1.807, 2.05) is 55.5 Å². The molecule has 0 atom stereocenters. The molecule has 1 heterocycles. The molecule has 3 aromatic rings. The van der Waals surface area contributed by atoms with Gasteiger partial charge in [-0.1, -0.05) is 36.4 Å². The number of imidazole rings is 1. The van der Waals surface area contributed by atoms with Gasteiger partial charge in [0, 0.05) is 25.1 Å². The van der Waals surface area contributed by atoms with Crippen LogP contribution in [0.4, 0.5) is 0 Å². The third-order valence-electron chi connectivity index (χ3n) is 4.30. The van der Waals surface area contributed by atoms with Gasteiger partial charge in [0.25, 0.3) is 5.91 Å². The van der Waals surface area contributed by atoms with Crippen molar-refractivity contribution in [2.75, 3.05) is 6.54 Å². The lowest BCUT2D eigenvalue weighted by Gasteiger charge is -2.08. The van der Waals surface area contributed by atoms with Crippen LogP contribution in [0.5, 0.6) is 0 Å². The first kappa shape index (κ1) is 17.0. The number of carbonyl (C=O) groups excluding carboxylic acids is 1. The van der Waals surface area contributed by atoms with Gasteiger partial charge < -0.3 is 9.88 Å². The maximum atomic E-state index is 12.2. The molecule has 0 unspecified atom stereocenters. The average Bonchev–Trinajstić information content (AvgIpc) is 2.97. The highest BCUT2D eigenvalue weighted by Gasteiger charge is 2.10. The fourth-order valence-electron chi connectivity index (χ4n) is 3.02. The monoisotopic (exact) mass is 333 g/mol. The number of rotatable bonds is 7. The normalized spacial score (nSPS) is 10.8. The molecule has 0 fully saturated rings. The molecule has 0 saturated heterocycles. The van der Waals surface area contributed by atoms with E-state index in [1.165, 1.54) is 0 Å². The Morgan fingerprint density at radius 3 is 2.76 bits per heavy atom. The summed E-state index contributed by atoms with van der Waals surface area (Å²) in [6.45, 7) is 7.16. The highest BCUT2D eigenvalue weighted by Crippen LogP contribution is 2.17. The van der Waals surface area contributed by atoms with Crippen molar-refractivity contribution in [1.29, 1.82) is 0 Å². The highest BCUT2D eigenvalue weighted by molar-refractivity contribution is 5.95. The summed E-state index contributed by atoms with van der Waals surface area (Å²) in [5.74, 6) is 1.02. The number of para-hydroxylation sites is 2. The van der Waals surface area contributed by atoms with Gasteiger partial charge in [0.05, 0.1) is 11.0 Å². The third kappa shape index (κ3) is 3.79. The molecule has 0 aliphatic carbocycles. The topological polar surface area (TPSA) is 46.9 Å². The Morgan fingerprint density at radius 2 is 1.96 bits per heavy atom. The Morgan fingerprint density at radius 1 is 1.20 bits per heavy atom. The zero-order chi connectivity index (χ0) is 17.6. The summed E-state index contributed by atoms with van der Waals surface area (Å²) in [5.41, 5.74) is 3.86. The van der Waals surface area contributed by atoms with Gasteiger partial charge in [0.1, 0.15) is 5.82 Å². The standard InChI is InChI=1S/C21H23N3O/c1-3-15-24-19-12-7-6-11-18(19)23-20(24)13-8-14-22-21(25)17-10-5-4-9-16(17)2/h3-7,9-12H,1,8,13-15H2,2H3,(H,22,25). The van der Waals surface area contributed by atoms with Crippen LogP contribution in [0.1, 0.15) is 28.2 Å². The molecule has 0 spiro atoms. The van der Waals surface area contributed by atoms with Crippen LogP contribution in [0, 0.1) is 6.92 Å². The van der Waals surface area contributed by atoms with E-state index in [1.54, 1.807) is 0 Å². The van der Waals surface area contributed by atoms with Crippen molar-refractivity contribution in [1.82, 2.24) is 14.9 Å². The lowest BCUT2D eigenvalue weighted by atomic mass is 10.1. The van der Waals surface area contributed by atoms with Gasteiger partial charge in [-0.05, 0) is 37.1 Å². The van der Waals surface area contributed by atoms with Crippen LogP contribution in [0.2, 0.25) is 0 Å². The first-order valence-electron chi connectivity index (χ1n) is 8.59. The molecule has 2 aromatic carbocycles. The van der Waals surface area contributed by atoms with E-state index in [4.69, 9.17) is 4.98 Å². The predicted molar refractivity (Wildman–Crippen MR) is 102 cm³/mol. The van der Waals surface area contributed by atoms with Crippen LogP contribution in [0.3, 0.4) is 0 Å². The highest BCUT2D eigenvalue weighted by atomic mass is 16.1. The maximum Gasteiger partial charge on any atom is 0.251 e. The summed E-state index contributed by atoms with van der Waals surface area (Å²) in [4.78, 5) is 17.0. The van der Waals surface area contributed by atoms with Crippen molar-refractivity contribution in [3.63, 3.8) is 0 Å². The second kappa shape index (κ2) is 7.79. The van der Waals surface area contributed by atoms with E-state index < -0.39 is 0 Å². The maximum absolute atomic E-state index is 12.2. The molecule has 0 bridgehead atoms. The van der Waals surface area contributed by atoms with E-state index in [0.717, 1.165) is 47.4 Å². The number of hydrogen-bond acceptors (Lipinski definition) is 2. The number of benzene rings is 2. The summed E-state index contributed by atoms with van der Waals surface area (Å²) >= 11 is 0. The van der Waals surface area contributed by atoms with Gasteiger partial charge in [-0.15, -0.1) is 6.58 Å². The molecular weight excluding hydrogens is 310 g/mol. The lowest BCUT2D eigenvalue weighted by Crippen LogP contribution is -2.25. The van der Waals surface area contributed by atoms with E-state index >= 15 is 0 Å². The summed E-state index contributed by atoms with van der Waals surface area (Å²) < 4.78 is 2.19. The van der Waals surface area contributed by atoms with Crippen molar-refractivity contribution in [3.05, 3.63) is 78.1 Å². The SMILES string of the molecule is C=CCn1c(CCCNC(=O)c2ccccc2C)nc2ccccc21. The quantitative estimate of drug-likeness (QED) is 0.527. The van der Waals surface area contributed by atoms with Crippen LogP contribution < -0.4 is 5.32 Å². The number of aryl methyl sites for hydroxylation is 2. The first-order valence-corrected chi connectivity index (χ1v) is 8.59. The third-order valence-corrected chi connectivity index (χ3v) is 4.30. The van der Waals surface area contributed by atoms with Crippen molar-refractivity contribution in [3.8, 4) is 0 Å². The van der Waals surface area contributed by atoms with Crippen LogP contribution >= 0.6 is 0 Å². The lowest BCUT2D eigenvalue weighted by molar-refractivity contribution is 0.0952. The van der Waals surface area contributed by atoms with Crippen molar-refractivity contribution >= 4 is 16.9 Å². The first-order chi connectivity index (χ1) is 12.2. The van der Waals surface area contributed by atoms with Crippen molar-refractivity contribution in [2.24, 2.45) is 0 Å². The molecule has 1 N–H and O–H groups in total. The van der Waals surface area contributed by atoms with E-state index in [-0.39, 0.29) is 5.91 Å². The zero-order valence-corrected chi connectivity index (χ0v) is 14.5. The number of nitrogens with one attached hydrogen (secondary N) is 1. The predicted octanol–water partition coefficient (Wildman–Crippen LogP) is 3.89. The molecule has 0 aliphatic rings. The number of nitrogens with zero attached hydrogens (tertiary/aromatic N) is 2. The van der Waals surface area contributed by atoms with Crippen LogP contribution in [0.15, 0.2) is 61.2 Å². The second-order valence-electron chi connectivity index (χ2n) is 6.09. The van der Waals surface area contributed by atoms with Crippen LogP contribution in [-0.2, 0) is 13.0 Å².